The van der Waals surface area contributed by atoms with Crippen LogP contribution in [0.5, 0.6) is 0 Å². The first-order valence-corrected chi connectivity index (χ1v) is 13.2. The number of likely N-dealkylation sites (tertiary alicyclic amines) is 2. The lowest BCUT2D eigenvalue weighted by atomic mass is 9.96. The molecule has 0 bridgehead atoms. The Labute approximate surface area is 219 Å². The van der Waals surface area contributed by atoms with Gasteiger partial charge in [-0.15, -0.1) is 0 Å². The monoisotopic (exact) mass is 541 g/mol. The summed E-state index contributed by atoms with van der Waals surface area (Å²) < 4.78 is 79.8. The zero-order valence-electron chi connectivity index (χ0n) is 21.2. The van der Waals surface area contributed by atoms with E-state index in [0.29, 0.717) is 19.0 Å². The number of amides is 1. The first-order valence-electron chi connectivity index (χ1n) is 13.2. The SMILES string of the molecule is O=C(NCCCN1CCC(N2CCCCC2)CC1)c1ccc(-c2ccc(C(F)(F)F)cc2)c(C(F)(F)F)c1. The summed E-state index contributed by atoms with van der Waals surface area (Å²) >= 11 is 0. The molecule has 10 heteroatoms. The van der Waals surface area contributed by atoms with E-state index in [0.717, 1.165) is 68.9 Å². The van der Waals surface area contributed by atoms with Gasteiger partial charge in [0.25, 0.3) is 5.91 Å². The van der Waals surface area contributed by atoms with Gasteiger partial charge < -0.3 is 15.1 Å². The number of alkyl halides is 6. The minimum absolute atomic E-state index is 0.0126. The Kier molecular flexibility index (Phi) is 9.03. The molecular weight excluding hydrogens is 508 g/mol. The van der Waals surface area contributed by atoms with Gasteiger partial charge in [-0.3, -0.25) is 4.79 Å². The van der Waals surface area contributed by atoms with Gasteiger partial charge >= 0.3 is 12.4 Å². The van der Waals surface area contributed by atoms with Crippen molar-refractivity contribution >= 4 is 5.91 Å². The standard InChI is InChI=1S/C28H33F6N3O/c29-27(30,31)22-8-5-20(6-9-22)24-10-7-21(19-25(24)28(32,33)34)26(38)35-13-4-14-36-17-11-23(12-18-36)37-15-2-1-3-16-37/h5-10,19,23H,1-4,11-18H2,(H,35,38). The Morgan fingerprint density at radius 1 is 0.842 bits per heavy atom. The van der Waals surface area contributed by atoms with Crippen molar-refractivity contribution in [3.8, 4) is 11.1 Å². The third kappa shape index (κ3) is 7.28. The van der Waals surface area contributed by atoms with Gasteiger partial charge in [0.1, 0.15) is 0 Å². The summed E-state index contributed by atoms with van der Waals surface area (Å²) in [4.78, 5) is 17.6. The van der Waals surface area contributed by atoms with Gasteiger partial charge in [0.05, 0.1) is 11.1 Å². The van der Waals surface area contributed by atoms with Crippen LogP contribution in [0.1, 0.15) is 60.0 Å². The molecule has 0 saturated carbocycles. The molecule has 2 fully saturated rings. The predicted octanol–water partition coefficient (Wildman–Crippen LogP) is 6.46. The third-order valence-electron chi connectivity index (χ3n) is 7.51. The van der Waals surface area contributed by atoms with Crippen LogP contribution in [0, 0.1) is 0 Å². The molecular formula is C28H33F6N3O. The molecule has 4 rings (SSSR count). The molecule has 1 N–H and O–H groups in total. The molecule has 38 heavy (non-hydrogen) atoms. The Morgan fingerprint density at radius 2 is 1.50 bits per heavy atom. The number of carbonyl (C=O) groups excluding carboxylic acids is 1. The van der Waals surface area contributed by atoms with Crippen LogP contribution in [0.25, 0.3) is 11.1 Å². The summed E-state index contributed by atoms with van der Waals surface area (Å²) in [5.74, 6) is -0.613. The van der Waals surface area contributed by atoms with E-state index in [9.17, 15) is 31.1 Å². The number of nitrogens with zero attached hydrogens (tertiary/aromatic N) is 2. The fourth-order valence-electron chi connectivity index (χ4n) is 5.41. The van der Waals surface area contributed by atoms with Crippen LogP contribution in [0.2, 0.25) is 0 Å². The Balaban J connectivity index is 1.30. The molecule has 2 heterocycles. The molecule has 0 radical (unpaired) electrons. The number of nitrogens with one attached hydrogen (secondary N) is 1. The van der Waals surface area contributed by atoms with E-state index in [2.05, 4.69) is 15.1 Å². The van der Waals surface area contributed by atoms with Gasteiger partial charge in [-0.25, -0.2) is 0 Å². The molecule has 0 spiro atoms. The lowest BCUT2D eigenvalue weighted by Crippen LogP contribution is -2.47. The smallest absolute Gasteiger partial charge is 0.352 e. The van der Waals surface area contributed by atoms with Crippen molar-refractivity contribution in [2.24, 2.45) is 0 Å². The van der Waals surface area contributed by atoms with Crippen LogP contribution in [0.15, 0.2) is 42.5 Å². The van der Waals surface area contributed by atoms with Crippen LogP contribution in [0.4, 0.5) is 26.3 Å². The summed E-state index contributed by atoms with van der Waals surface area (Å²) in [6.45, 7) is 5.56. The number of halogens is 6. The number of piperidine rings is 2. The normalized spacial score (nSPS) is 18.5. The summed E-state index contributed by atoms with van der Waals surface area (Å²) in [5.41, 5.74) is -2.45. The highest BCUT2D eigenvalue weighted by atomic mass is 19.4. The highest BCUT2D eigenvalue weighted by molar-refractivity contribution is 5.95. The molecule has 2 aromatic carbocycles. The molecule has 0 aromatic heterocycles. The topological polar surface area (TPSA) is 35.6 Å². The minimum Gasteiger partial charge on any atom is -0.352 e. The maximum atomic E-state index is 13.8. The molecule has 4 nitrogen and oxygen atoms in total. The quantitative estimate of drug-likeness (QED) is 0.323. The van der Waals surface area contributed by atoms with Crippen molar-refractivity contribution in [2.75, 3.05) is 39.3 Å². The molecule has 2 aromatic rings. The average Bonchev–Trinajstić information content (AvgIpc) is 2.90. The second-order valence-electron chi connectivity index (χ2n) is 10.1. The second kappa shape index (κ2) is 12.1. The first-order chi connectivity index (χ1) is 18.0. The summed E-state index contributed by atoms with van der Waals surface area (Å²) in [6, 6.07) is 7.30. The van der Waals surface area contributed by atoms with Crippen LogP contribution in [0.3, 0.4) is 0 Å². The fraction of sp³-hybridized carbons (Fsp3) is 0.536. The number of hydrogen-bond acceptors (Lipinski definition) is 3. The zero-order valence-corrected chi connectivity index (χ0v) is 21.2. The van der Waals surface area contributed by atoms with Crippen molar-refractivity contribution in [1.82, 2.24) is 15.1 Å². The van der Waals surface area contributed by atoms with Crippen molar-refractivity contribution < 1.29 is 31.1 Å². The molecule has 0 atom stereocenters. The number of carbonyl (C=O) groups is 1. The fourth-order valence-corrected chi connectivity index (χ4v) is 5.41. The van der Waals surface area contributed by atoms with Crippen LogP contribution < -0.4 is 5.32 Å². The van der Waals surface area contributed by atoms with Crippen LogP contribution >= 0.6 is 0 Å². The van der Waals surface area contributed by atoms with Crippen molar-refractivity contribution in [3.05, 3.63) is 59.2 Å². The first kappa shape index (κ1) is 28.4. The van der Waals surface area contributed by atoms with E-state index in [4.69, 9.17) is 0 Å². The van der Waals surface area contributed by atoms with E-state index in [1.807, 2.05) is 0 Å². The van der Waals surface area contributed by atoms with Gasteiger partial charge in [-0.05, 0) is 100 Å². The largest absolute Gasteiger partial charge is 0.417 e. The molecule has 2 aliphatic rings. The summed E-state index contributed by atoms with van der Waals surface area (Å²) in [6.07, 6.45) is -2.52. The van der Waals surface area contributed by atoms with E-state index in [1.54, 1.807) is 0 Å². The summed E-state index contributed by atoms with van der Waals surface area (Å²) in [5, 5.41) is 2.69. The number of benzene rings is 2. The van der Waals surface area contributed by atoms with E-state index >= 15 is 0 Å². The van der Waals surface area contributed by atoms with Crippen molar-refractivity contribution in [1.29, 1.82) is 0 Å². The average molecular weight is 542 g/mol. The van der Waals surface area contributed by atoms with Gasteiger partial charge in [0, 0.05) is 18.2 Å². The van der Waals surface area contributed by atoms with Gasteiger partial charge in [-0.1, -0.05) is 24.6 Å². The van der Waals surface area contributed by atoms with E-state index in [1.165, 1.54) is 38.4 Å². The molecule has 0 aliphatic carbocycles. The maximum absolute atomic E-state index is 13.8. The molecule has 208 valence electrons. The van der Waals surface area contributed by atoms with Gasteiger partial charge in [0.2, 0.25) is 0 Å². The highest BCUT2D eigenvalue weighted by Crippen LogP contribution is 2.39. The molecule has 2 saturated heterocycles. The molecule has 0 unspecified atom stereocenters. The Hall–Kier alpha value is -2.59. The van der Waals surface area contributed by atoms with Gasteiger partial charge in [0.15, 0.2) is 0 Å². The number of hydrogen-bond donors (Lipinski definition) is 1. The lowest BCUT2D eigenvalue weighted by molar-refractivity contribution is -0.138. The van der Waals surface area contributed by atoms with Gasteiger partial charge in [-0.2, -0.15) is 26.3 Å². The van der Waals surface area contributed by atoms with Crippen molar-refractivity contribution in [3.63, 3.8) is 0 Å². The van der Waals surface area contributed by atoms with Crippen LogP contribution in [-0.4, -0.2) is 61.0 Å². The third-order valence-corrected chi connectivity index (χ3v) is 7.51. The van der Waals surface area contributed by atoms with Crippen LogP contribution in [-0.2, 0) is 12.4 Å². The molecule has 2 aliphatic heterocycles. The maximum Gasteiger partial charge on any atom is 0.417 e. The minimum atomic E-state index is -4.78. The lowest BCUT2D eigenvalue weighted by Gasteiger charge is -2.40. The van der Waals surface area contributed by atoms with E-state index in [-0.39, 0.29) is 16.7 Å². The predicted molar refractivity (Wildman–Crippen MR) is 134 cm³/mol. The Morgan fingerprint density at radius 3 is 2.11 bits per heavy atom. The Bertz CT molecular complexity index is 1070. The van der Waals surface area contributed by atoms with E-state index < -0.39 is 29.4 Å². The number of rotatable bonds is 7. The zero-order chi connectivity index (χ0) is 27.3. The summed E-state index contributed by atoms with van der Waals surface area (Å²) in [7, 11) is 0. The molecule has 1 amide bonds. The highest BCUT2D eigenvalue weighted by Gasteiger charge is 2.35. The van der Waals surface area contributed by atoms with Crippen molar-refractivity contribution in [2.45, 2.75) is 56.9 Å². The second-order valence-corrected chi connectivity index (χ2v) is 10.1.